The van der Waals surface area contributed by atoms with E-state index < -0.39 is 0 Å². The van der Waals surface area contributed by atoms with Gasteiger partial charge in [-0.15, -0.1) is 0 Å². The van der Waals surface area contributed by atoms with Gasteiger partial charge in [0.2, 0.25) is 0 Å². The van der Waals surface area contributed by atoms with E-state index in [1.165, 1.54) is 44.1 Å². The minimum Gasteiger partial charge on any atom is -0.482 e. The topological polar surface area (TPSA) is 50.4 Å². The molecule has 1 amide bonds. The van der Waals surface area contributed by atoms with Crippen molar-refractivity contribution in [2.24, 2.45) is 0 Å². The molecule has 2 N–H and O–H groups in total. The van der Waals surface area contributed by atoms with Gasteiger partial charge in [0.15, 0.2) is 6.61 Å². The van der Waals surface area contributed by atoms with E-state index in [-0.39, 0.29) is 12.5 Å². The summed E-state index contributed by atoms with van der Waals surface area (Å²) in [5.74, 6) is 0.689. The molecule has 0 spiro atoms. The maximum Gasteiger partial charge on any atom is 0.262 e. The molecule has 2 aliphatic rings. The molecule has 0 unspecified atom stereocenters. The van der Waals surface area contributed by atoms with Crippen molar-refractivity contribution < 1.29 is 9.53 Å². The fraction of sp³-hybridized carbons (Fsp3) is 0.562. The lowest BCUT2D eigenvalue weighted by molar-refractivity contribution is -0.118. The van der Waals surface area contributed by atoms with Gasteiger partial charge in [-0.2, -0.15) is 0 Å². The zero-order chi connectivity index (χ0) is 13.8. The van der Waals surface area contributed by atoms with Gasteiger partial charge in [-0.05, 0) is 30.5 Å². The van der Waals surface area contributed by atoms with E-state index in [2.05, 4.69) is 16.7 Å². The van der Waals surface area contributed by atoms with Gasteiger partial charge in [0.05, 0.1) is 5.69 Å². The van der Waals surface area contributed by atoms with E-state index in [0.717, 1.165) is 18.0 Å². The highest BCUT2D eigenvalue weighted by molar-refractivity contribution is 5.95. The largest absolute Gasteiger partial charge is 0.482 e. The molecule has 20 heavy (non-hydrogen) atoms. The number of carbonyl (C=O) groups excluding carboxylic acids is 1. The van der Waals surface area contributed by atoms with E-state index in [4.69, 9.17) is 4.74 Å². The Kier molecular flexibility index (Phi) is 4.21. The van der Waals surface area contributed by atoms with Crippen molar-refractivity contribution in [3.63, 3.8) is 0 Å². The highest BCUT2D eigenvalue weighted by atomic mass is 16.5. The summed E-state index contributed by atoms with van der Waals surface area (Å²) in [6.45, 7) is 0.973. The van der Waals surface area contributed by atoms with Crippen LogP contribution in [-0.2, 0) is 11.3 Å². The first-order valence-corrected chi connectivity index (χ1v) is 7.60. The molecule has 108 valence electrons. The minimum atomic E-state index is -0.0774. The lowest BCUT2D eigenvalue weighted by atomic mass is 10.1. The van der Waals surface area contributed by atoms with Crippen LogP contribution in [0.4, 0.5) is 5.69 Å². The number of fused-ring (bicyclic) bond motifs is 1. The molecular weight excluding hydrogens is 252 g/mol. The molecule has 1 saturated carbocycles. The van der Waals surface area contributed by atoms with Crippen LogP contribution in [0.2, 0.25) is 0 Å². The second-order valence-corrected chi connectivity index (χ2v) is 5.74. The van der Waals surface area contributed by atoms with Crippen molar-refractivity contribution in [3.05, 3.63) is 23.8 Å². The Morgan fingerprint density at radius 1 is 1.20 bits per heavy atom. The van der Waals surface area contributed by atoms with Crippen molar-refractivity contribution in [1.82, 2.24) is 5.32 Å². The first-order chi connectivity index (χ1) is 9.81. The number of hydrogen-bond acceptors (Lipinski definition) is 3. The summed E-state index contributed by atoms with van der Waals surface area (Å²) in [5, 5.41) is 6.50. The van der Waals surface area contributed by atoms with E-state index in [0.29, 0.717) is 6.04 Å². The van der Waals surface area contributed by atoms with Crippen molar-refractivity contribution in [2.75, 3.05) is 11.9 Å². The maximum atomic E-state index is 11.3. The Hall–Kier alpha value is -1.55. The Labute approximate surface area is 119 Å². The van der Waals surface area contributed by atoms with Crippen LogP contribution in [-0.4, -0.2) is 18.6 Å². The number of hydrogen-bond donors (Lipinski definition) is 2. The predicted octanol–water partition coefficient (Wildman–Crippen LogP) is 2.83. The van der Waals surface area contributed by atoms with E-state index in [9.17, 15) is 4.79 Å². The van der Waals surface area contributed by atoms with E-state index in [1.807, 2.05) is 12.1 Å². The summed E-state index contributed by atoms with van der Waals surface area (Å²) in [5.41, 5.74) is 1.99. The molecule has 1 aliphatic carbocycles. The molecule has 3 rings (SSSR count). The molecule has 0 bridgehead atoms. The second kappa shape index (κ2) is 6.27. The zero-order valence-electron chi connectivity index (χ0n) is 11.8. The summed E-state index contributed by atoms with van der Waals surface area (Å²) in [4.78, 5) is 11.3. The highest BCUT2D eigenvalue weighted by Crippen LogP contribution is 2.28. The minimum absolute atomic E-state index is 0.0774. The van der Waals surface area contributed by atoms with Gasteiger partial charge < -0.3 is 15.4 Å². The average molecular weight is 274 g/mol. The van der Waals surface area contributed by atoms with Crippen LogP contribution >= 0.6 is 0 Å². The Balaban J connectivity index is 1.60. The standard InChI is InChI=1S/C16H22N2O2/c19-16-11-20-15-8-7-12(9-14(15)18-16)10-17-13-5-3-1-2-4-6-13/h7-9,13,17H,1-6,10-11H2,(H,18,19). The quantitative estimate of drug-likeness (QED) is 0.833. The summed E-state index contributed by atoms with van der Waals surface area (Å²) in [6.07, 6.45) is 7.99. The number of nitrogens with one attached hydrogen (secondary N) is 2. The zero-order valence-corrected chi connectivity index (χ0v) is 11.8. The monoisotopic (exact) mass is 274 g/mol. The van der Waals surface area contributed by atoms with Crippen LogP contribution < -0.4 is 15.4 Å². The number of carbonyl (C=O) groups is 1. The maximum absolute atomic E-state index is 11.3. The Bertz CT molecular complexity index is 479. The molecule has 0 saturated heterocycles. The molecule has 1 aliphatic heterocycles. The van der Waals surface area contributed by atoms with Crippen LogP contribution in [0.1, 0.15) is 44.1 Å². The molecule has 1 aromatic carbocycles. The normalized spacial score (nSPS) is 19.7. The first kappa shape index (κ1) is 13.4. The first-order valence-electron chi connectivity index (χ1n) is 7.60. The third-order valence-electron chi connectivity index (χ3n) is 4.13. The third kappa shape index (κ3) is 3.31. The molecule has 1 fully saturated rings. The number of ether oxygens (including phenoxy) is 1. The molecule has 0 radical (unpaired) electrons. The lowest BCUT2D eigenvalue weighted by Crippen LogP contribution is -2.28. The van der Waals surface area contributed by atoms with Crippen LogP contribution in [0.3, 0.4) is 0 Å². The predicted molar refractivity (Wildman–Crippen MR) is 78.9 cm³/mol. The summed E-state index contributed by atoms with van der Waals surface area (Å²) < 4.78 is 5.37. The fourth-order valence-corrected chi connectivity index (χ4v) is 2.99. The highest BCUT2D eigenvalue weighted by Gasteiger charge is 2.16. The van der Waals surface area contributed by atoms with Crippen molar-refractivity contribution in [3.8, 4) is 5.75 Å². The Morgan fingerprint density at radius 2 is 2.00 bits per heavy atom. The summed E-state index contributed by atoms with van der Waals surface area (Å²) >= 11 is 0. The SMILES string of the molecule is O=C1COc2ccc(CNC3CCCCCC3)cc2N1. The summed E-state index contributed by atoms with van der Waals surface area (Å²) in [7, 11) is 0. The van der Waals surface area contributed by atoms with Gasteiger partial charge in [-0.25, -0.2) is 0 Å². The van der Waals surface area contributed by atoms with Crippen molar-refractivity contribution in [1.29, 1.82) is 0 Å². The molecule has 1 aromatic rings. The third-order valence-corrected chi connectivity index (χ3v) is 4.13. The van der Waals surface area contributed by atoms with Gasteiger partial charge in [0, 0.05) is 12.6 Å². The Morgan fingerprint density at radius 3 is 2.80 bits per heavy atom. The van der Waals surface area contributed by atoms with Crippen molar-refractivity contribution >= 4 is 11.6 Å². The molecule has 0 atom stereocenters. The van der Waals surface area contributed by atoms with E-state index in [1.54, 1.807) is 0 Å². The molecule has 4 heteroatoms. The van der Waals surface area contributed by atoms with Crippen LogP contribution in [0.15, 0.2) is 18.2 Å². The number of anilines is 1. The second-order valence-electron chi connectivity index (χ2n) is 5.74. The van der Waals surface area contributed by atoms with Gasteiger partial charge >= 0.3 is 0 Å². The molecule has 4 nitrogen and oxygen atoms in total. The van der Waals surface area contributed by atoms with Gasteiger partial charge in [-0.1, -0.05) is 31.7 Å². The van der Waals surface area contributed by atoms with Gasteiger partial charge in [0.1, 0.15) is 5.75 Å². The average Bonchev–Trinajstić information content (AvgIpc) is 2.73. The van der Waals surface area contributed by atoms with Crippen molar-refractivity contribution in [2.45, 2.75) is 51.1 Å². The number of rotatable bonds is 3. The van der Waals surface area contributed by atoms with Gasteiger partial charge in [0.25, 0.3) is 5.91 Å². The molecular formula is C16H22N2O2. The van der Waals surface area contributed by atoms with E-state index >= 15 is 0 Å². The molecule has 1 heterocycles. The van der Waals surface area contributed by atoms with Crippen LogP contribution in [0.5, 0.6) is 5.75 Å². The lowest BCUT2D eigenvalue weighted by Gasteiger charge is -2.20. The van der Waals surface area contributed by atoms with Crippen LogP contribution in [0, 0.1) is 0 Å². The number of amides is 1. The fourth-order valence-electron chi connectivity index (χ4n) is 2.99. The summed E-state index contributed by atoms with van der Waals surface area (Å²) in [6, 6.07) is 6.66. The number of benzene rings is 1. The molecule has 0 aromatic heterocycles. The van der Waals surface area contributed by atoms with Gasteiger partial charge in [-0.3, -0.25) is 4.79 Å². The smallest absolute Gasteiger partial charge is 0.262 e. The van der Waals surface area contributed by atoms with Crippen LogP contribution in [0.25, 0.3) is 0 Å².